The molecule has 1 amide bonds. The minimum absolute atomic E-state index is 0.0129. The lowest BCUT2D eigenvalue weighted by molar-refractivity contribution is -0.00814. The number of pyridine rings is 1. The Labute approximate surface area is 162 Å². The number of thiophene rings is 1. The Balaban J connectivity index is 1.41. The van der Waals surface area contributed by atoms with Crippen molar-refractivity contribution in [2.24, 2.45) is 7.05 Å². The Morgan fingerprint density at radius 2 is 2.26 bits per heavy atom. The summed E-state index contributed by atoms with van der Waals surface area (Å²) in [5.41, 5.74) is 2.37. The molecular formula is C20H22N4O2S. The number of carbonyl (C=O) groups is 1. The first kappa shape index (κ1) is 17.9. The highest BCUT2D eigenvalue weighted by molar-refractivity contribution is 7.13. The molecule has 7 heteroatoms. The summed E-state index contributed by atoms with van der Waals surface area (Å²) in [4.78, 5) is 20.3. The lowest BCUT2D eigenvalue weighted by atomic mass is 10.1. The van der Waals surface area contributed by atoms with Gasteiger partial charge in [-0.2, -0.15) is 5.10 Å². The van der Waals surface area contributed by atoms with Gasteiger partial charge in [0.05, 0.1) is 23.3 Å². The highest BCUT2D eigenvalue weighted by Gasteiger charge is 2.27. The van der Waals surface area contributed by atoms with Crippen LogP contribution in [0.4, 0.5) is 0 Å². The molecule has 1 aliphatic rings. The van der Waals surface area contributed by atoms with Crippen LogP contribution >= 0.6 is 11.3 Å². The fourth-order valence-corrected chi connectivity index (χ4v) is 4.00. The molecule has 0 bridgehead atoms. The molecule has 4 heterocycles. The number of nitrogens with zero attached hydrogens (tertiary/aromatic N) is 4. The Morgan fingerprint density at radius 3 is 3.04 bits per heavy atom. The molecule has 3 aromatic rings. The van der Waals surface area contributed by atoms with E-state index in [1.807, 2.05) is 53.7 Å². The number of carbonyl (C=O) groups excluding carboxylic acids is 1. The Morgan fingerprint density at radius 1 is 1.33 bits per heavy atom. The smallest absolute Gasteiger partial charge is 0.272 e. The van der Waals surface area contributed by atoms with Crippen LogP contribution in [0.3, 0.4) is 0 Å². The fraction of sp³-hybridized carbons (Fsp3) is 0.350. The lowest BCUT2D eigenvalue weighted by Crippen LogP contribution is -2.43. The number of rotatable bonds is 5. The van der Waals surface area contributed by atoms with Crippen molar-refractivity contribution in [3.63, 3.8) is 0 Å². The molecule has 0 spiro atoms. The number of amides is 1. The third kappa shape index (κ3) is 4.09. The first-order valence-corrected chi connectivity index (χ1v) is 9.97. The van der Waals surface area contributed by atoms with Gasteiger partial charge in [0.1, 0.15) is 11.4 Å². The Kier molecular flexibility index (Phi) is 5.31. The van der Waals surface area contributed by atoms with Gasteiger partial charge in [0.25, 0.3) is 5.91 Å². The molecule has 0 N–H and O–H groups in total. The number of likely N-dealkylation sites (tertiary alicyclic amines) is 1. The zero-order chi connectivity index (χ0) is 18.6. The minimum Gasteiger partial charge on any atom is -0.370 e. The molecule has 0 aliphatic carbocycles. The highest BCUT2D eigenvalue weighted by atomic mass is 32.1. The van der Waals surface area contributed by atoms with Gasteiger partial charge in [0.2, 0.25) is 0 Å². The summed E-state index contributed by atoms with van der Waals surface area (Å²) in [5.74, 6) is 0.0129. The third-order valence-electron chi connectivity index (χ3n) is 4.73. The van der Waals surface area contributed by atoms with E-state index < -0.39 is 0 Å². The number of hydrogen-bond acceptors (Lipinski definition) is 5. The Bertz CT molecular complexity index is 892. The normalized spacial score (nSPS) is 17.2. The van der Waals surface area contributed by atoms with Gasteiger partial charge in [0, 0.05) is 26.3 Å². The molecule has 0 aromatic carbocycles. The van der Waals surface area contributed by atoms with Crippen LogP contribution in [0, 0.1) is 0 Å². The lowest BCUT2D eigenvalue weighted by Gasteiger charge is -2.32. The zero-order valence-electron chi connectivity index (χ0n) is 15.2. The van der Waals surface area contributed by atoms with Crippen molar-refractivity contribution in [3.8, 4) is 10.6 Å². The zero-order valence-corrected chi connectivity index (χ0v) is 16.1. The predicted molar refractivity (Wildman–Crippen MR) is 104 cm³/mol. The van der Waals surface area contributed by atoms with E-state index in [4.69, 9.17) is 4.74 Å². The molecule has 1 fully saturated rings. The molecule has 1 aliphatic heterocycles. The second kappa shape index (κ2) is 8.02. The van der Waals surface area contributed by atoms with Crippen LogP contribution in [0.2, 0.25) is 0 Å². The van der Waals surface area contributed by atoms with Crippen molar-refractivity contribution < 1.29 is 9.53 Å². The van der Waals surface area contributed by atoms with E-state index >= 15 is 0 Å². The quantitative estimate of drug-likeness (QED) is 0.679. The van der Waals surface area contributed by atoms with Crippen molar-refractivity contribution >= 4 is 17.2 Å². The van der Waals surface area contributed by atoms with Crippen molar-refractivity contribution in [1.29, 1.82) is 0 Å². The van der Waals surface area contributed by atoms with Crippen molar-refractivity contribution in [2.75, 3.05) is 13.1 Å². The van der Waals surface area contributed by atoms with Crippen molar-refractivity contribution in [3.05, 3.63) is 59.4 Å². The molecule has 140 valence electrons. The highest BCUT2D eigenvalue weighted by Crippen LogP contribution is 2.25. The van der Waals surface area contributed by atoms with Crippen LogP contribution in [0.25, 0.3) is 10.6 Å². The van der Waals surface area contributed by atoms with Gasteiger partial charge in [0.15, 0.2) is 0 Å². The fourth-order valence-electron chi connectivity index (χ4n) is 3.32. The molecule has 4 rings (SSSR count). The van der Waals surface area contributed by atoms with E-state index in [9.17, 15) is 4.79 Å². The molecule has 1 atom stereocenters. The summed E-state index contributed by atoms with van der Waals surface area (Å²) in [7, 11) is 1.82. The Hall–Kier alpha value is -2.51. The molecule has 0 radical (unpaired) electrons. The van der Waals surface area contributed by atoms with E-state index in [-0.39, 0.29) is 12.0 Å². The number of hydrogen-bond donors (Lipinski definition) is 0. The van der Waals surface area contributed by atoms with E-state index in [0.717, 1.165) is 35.7 Å². The second-order valence-corrected chi connectivity index (χ2v) is 7.61. The van der Waals surface area contributed by atoms with E-state index in [1.54, 1.807) is 22.2 Å². The maximum Gasteiger partial charge on any atom is 0.272 e. The largest absolute Gasteiger partial charge is 0.370 e. The van der Waals surface area contributed by atoms with E-state index in [2.05, 4.69) is 10.1 Å². The van der Waals surface area contributed by atoms with Gasteiger partial charge in [-0.3, -0.25) is 14.5 Å². The van der Waals surface area contributed by atoms with E-state index in [1.165, 1.54) is 0 Å². The summed E-state index contributed by atoms with van der Waals surface area (Å²) in [6.45, 7) is 1.83. The predicted octanol–water partition coefficient (Wildman–Crippen LogP) is 3.37. The van der Waals surface area contributed by atoms with Crippen molar-refractivity contribution in [1.82, 2.24) is 19.7 Å². The first-order valence-electron chi connectivity index (χ1n) is 9.09. The molecule has 1 saturated heterocycles. The van der Waals surface area contributed by atoms with Gasteiger partial charge in [-0.1, -0.05) is 12.1 Å². The van der Waals surface area contributed by atoms with Gasteiger partial charge >= 0.3 is 0 Å². The van der Waals surface area contributed by atoms with Gasteiger partial charge in [-0.05, 0) is 42.5 Å². The van der Waals surface area contributed by atoms with Crippen LogP contribution in [-0.2, 0) is 18.4 Å². The molecule has 0 saturated carbocycles. The topological polar surface area (TPSA) is 60.2 Å². The van der Waals surface area contributed by atoms with Crippen LogP contribution < -0.4 is 0 Å². The number of piperidine rings is 1. The summed E-state index contributed by atoms with van der Waals surface area (Å²) in [5, 5.41) is 6.52. The average Bonchev–Trinajstić information content (AvgIpc) is 3.36. The minimum atomic E-state index is 0.0129. The number of aromatic nitrogens is 3. The molecule has 1 unspecified atom stereocenters. The summed E-state index contributed by atoms with van der Waals surface area (Å²) >= 11 is 1.62. The average molecular weight is 382 g/mol. The summed E-state index contributed by atoms with van der Waals surface area (Å²) in [6, 6.07) is 11.7. The number of ether oxygens (including phenoxy) is 1. The van der Waals surface area contributed by atoms with Gasteiger partial charge in [-0.25, -0.2) is 0 Å². The SMILES string of the molecule is Cn1nc(-c2cccs2)cc1C(=O)N1CCCC(OCc2ccccn2)C1. The van der Waals surface area contributed by atoms with Crippen LogP contribution in [0.1, 0.15) is 29.0 Å². The third-order valence-corrected chi connectivity index (χ3v) is 5.62. The van der Waals surface area contributed by atoms with Gasteiger partial charge < -0.3 is 9.64 Å². The van der Waals surface area contributed by atoms with Crippen LogP contribution in [0.15, 0.2) is 48.0 Å². The first-order chi connectivity index (χ1) is 13.2. The van der Waals surface area contributed by atoms with Crippen molar-refractivity contribution in [2.45, 2.75) is 25.6 Å². The number of aryl methyl sites for hydroxylation is 1. The van der Waals surface area contributed by atoms with Crippen LogP contribution in [0.5, 0.6) is 0 Å². The molecular weight excluding hydrogens is 360 g/mol. The maximum atomic E-state index is 13.0. The molecule has 27 heavy (non-hydrogen) atoms. The van der Waals surface area contributed by atoms with Crippen LogP contribution in [-0.4, -0.2) is 44.8 Å². The monoisotopic (exact) mass is 382 g/mol. The molecule has 3 aromatic heterocycles. The summed E-state index contributed by atoms with van der Waals surface area (Å²) in [6.07, 6.45) is 3.70. The standard InChI is InChI=1S/C20H22N4O2S/c1-23-18(12-17(22-23)19-8-5-11-27-19)20(25)24-10-4-7-16(13-24)26-14-15-6-2-3-9-21-15/h2-3,5-6,8-9,11-12,16H,4,7,10,13-14H2,1H3. The van der Waals surface area contributed by atoms with E-state index in [0.29, 0.717) is 18.8 Å². The maximum absolute atomic E-state index is 13.0. The summed E-state index contributed by atoms with van der Waals surface area (Å²) < 4.78 is 7.68. The second-order valence-electron chi connectivity index (χ2n) is 6.66. The molecule has 6 nitrogen and oxygen atoms in total. The van der Waals surface area contributed by atoms with Gasteiger partial charge in [-0.15, -0.1) is 11.3 Å².